The lowest BCUT2D eigenvalue weighted by molar-refractivity contribution is -0.141. The Morgan fingerprint density at radius 2 is 1.76 bits per heavy atom. The average Bonchev–Trinajstić information content (AvgIpc) is 2.13. The zero-order valence-corrected chi connectivity index (χ0v) is 9.38. The van der Waals surface area contributed by atoms with Gasteiger partial charge in [0.05, 0.1) is 11.2 Å². The molecule has 2 rings (SSSR count). The summed E-state index contributed by atoms with van der Waals surface area (Å²) in [5.41, 5.74) is 3.26. The highest BCUT2D eigenvalue weighted by Crippen LogP contribution is 2.49. The zero-order valence-electron chi connectivity index (χ0n) is 9.38. The van der Waals surface area contributed by atoms with E-state index >= 15 is 0 Å². The first-order chi connectivity index (χ1) is 7.64. The van der Waals surface area contributed by atoms with E-state index in [9.17, 15) is 18.3 Å². The van der Waals surface area contributed by atoms with E-state index < -0.39 is 22.9 Å². The van der Waals surface area contributed by atoms with Crippen molar-refractivity contribution in [3.8, 4) is 0 Å². The average molecular weight is 245 g/mol. The van der Waals surface area contributed by atoms with Gasteiger partial charge in [0.1, 0.15) is 0 Å². The quantitative estimate of drug-likeness (QED) is 0.798. The lowest BCUT2D eigenvalue weighted by Crippen LogP contribution is -2.58. The fourth-order valence-electron chi connectivity index (χ4n) is 2.66. The number of nitrogens with two attached hydrogens (primary N) is 1. The summed E-state index contributed by atoms with van der Waals surface area (Å²) in [7, 11) is 0. The highest BCUT2D eigenvalue weighted by molar-refractivity contribution is 5.38. The van der Waals surface area contributed by atoms with E-state index in [0.29, 0.717) is 0 Å². The van der Waals surface area contributed by atoms with Gasteiger partial charge in [-0.1, -0.05) is 18.2 Å². The molecule has 94 valence electrons. The molecular formula is C12H14F3NO. The summed E-state index contributed by atoms with van der Waals surface area (Å²) in [6, 6.07) is 5.29. The lowest BCUT2D eigenvalue weighted by Gasteiger charge is -2.50. The zero-order chi connectivity index (χ0) is 12.9. The summed E-state index contributed by atoms with van der Waals surface area (Å²) in [6.45, 7) is 1.58. The highest BCUT2D eigenvalue weighted by Gasteiger charge is 2.52. The maximum Gasteiger partial charge on any atom is 0.416 e. The number of alkyl halides is 3. The highest BCUT2D eigenvalue weighted by atomic mass is 19.4. The molecule has 0 unspecified atom stereocenters. The Bertz CT molecular complexity index is 432. The monoisotopic (exact) mass is 245 g/mol. The van der Waals surface area contributed by atoms with Crippen LogP contribution >= 0.6 is 0 Å². The van der Waals surface area contributed by atoms with Crippen LogP contribution in [0.2, 0.25) is 0 Å². The van der Waals surface area contributed by atoms with Crippen LogP contribution in [0.3, 0.4) is 0 Å². The maximum absolute atomic E-state index is 12.8. The van der Waals surface area contributed by atoms with Crippen LogP contribution in [-0.2, 0) is 11.7 Å². The van der Waals surface area contributed by atoms with E-state index in [1.807, 2.05) is 0 Å². The van der Waals surface area contributed by atoms with Gasteiger partial charge in [-0.2, -0.15) is 13.2 Å². The van der Waals surface area contributed by atoms with E-state index in [1.54, 1.807) is 6.92 Å². The molecular weight excluding hydrogens is 231 g/mol. The first-order valence-corrected chi connectivity index (χ1v) is 5.32. The second kappa shape index (κ2) is 3.46. The van der Waals surface area contributed by atoms with E-state index in [2.05, 4.69) is 0 Å². The van der Waals surface area contributed by atoms with Gasteiger partial charge in [0.15, 0.2) is 0 Å². The Balaban J connectivity index is 2.41. The molecule has 2 nitrogen and oxygen atoms in total. The summed E-state index contributed by atoms with van der Waals surface area (Å²) in [6.07, 6.45) is -4.12. The number of aliphatic hydroxyl groups is 1. The number of rotatable bonds is 1. The van der Waals surface area contributed by atoms with Crippen LogP contribution in [0.15, 0.2) is 24.3 Å². The van der Waals surface area contributed by atoms with Gasteiger partial charge in [-0.3, -0.25) is 0 Å². The minimum atomic E-state index is -4.41. The van der Waals surface area contributed by atoms with Gasteiger partial charge in [-0.15, -0.1) is 0 Å². The predicted octanol–water partition coefficient (Wildman–Crippen LogP) is 2.40. The Kier molecular flexibility index (Phi) is 2.52. The standard InChI is InChI=1S/C12H14F3NO/c1-10(17)6-11(16,7-10)8-4-2-3-5-9(8)12(13,14)15/h2-5,17H,6-7,16H2,1H3. The molecule has 0 radical (unpaired) electrons. The number of hydrogen-bond donors (Lipinski definition) is 2. The molecule has 1 aliphatic rings. The number of hydrogen-bond acceptors (Lipinski definition) is 2. The van der Waals surface area contributed by atoms with Crippen molar-refractivity contribution in [2.75, 3.05) is 0 Å². The molecule has 1 fully saturated rings. The fraction of sp³-hybridized carbons (Fsp3) is 0.500. The molecule has 0 aromatic heterocycles. The smallest absolute Gasteiger partial charge is 0.390 e. The molecule has 0 aliphatic heterocycles. The number of halogens is 3. The molecule has 0 spiro atoms. The van der Waals surface area contributed by atoms with Gasteiger partial charge >= 0.3 is 6.18 Å². The van der Waals surface area contributed by atoms with Crippen LogP contribution in [0.1, 0.15) is 30.9 Å². The Hall–Kier alpha value is -1.07. The van der Waals surface area contributed by atoms with Crippen LogP contribution in [0.5, 0.6) is 0 Å². The molecule has 0 bridgehead atoms. The van der Waals surface area contributed by atoms with Gasteiger partial charge in [0, 0.05) is 5.54 Å². The van der Waals surface area contributed by atoms with E-state index in [4.69, 9.17) is 5.73 Å². The topological polar surface area (TPSA) is 46.2 Å². The van der Waals surface area contributed by atoms with Crippen molar-refractivity contribution in [2.45, 2.75) is 37.1 Å². The third-order valence-corrected chi connectivity index (χ3v) is 3.16. The van der Waals surface area contributed by atoms with Crippen molar-refractivity contribution in [1.29, 1.82) is 0 Å². The van der Waals surface area contributed by atoms with E-state index in [-0.39, 0.29) is 18.4 Å². The molecule has 0 heterocycles. The Morgan fingerprint density at radius 3 is 2.24 bits per heavy atom. The summed E-state index contributed by atoms with van der Waals surface area (Å²) in [5.74, 6) is 0. The largest absolute Gasteiger partial charge is 0.416 e. The first-order valence-electron chi connectivity index (χ1n) is 5.32. The summed E-state index contributed by atoms with van der Waals surface area (Å²) < 4.78 is 38.4. The van der Waals surface area contributed by atoms with Crippen LogP contribution in [0.25, 0.3) is 0 Å². The minimum Gasteiger partial charge on any atom is -0.390 e. The van der Waals surface area contributed by atoms with Crippen LogP contribution in [0, 0.1) is 0 Å². The minimum absolute atomic E-state index is 0.0685. The number of benzene rings is 1. The summed E-state index contributed by atoms with van der Waals surface area (Å²) >= 11 is 0. The molecule has 1 aromatic carbocycles. The maximum atomic E-state index is 12.8. The third kappa shape index (κ3) is 2.17. The molecule has 1 aliphatic carbocycles. The molecule has 0 atom stereocenters. The van der Waals surface area contributed by atoms with Crippen LogP contribution in [0.4, 0.5) is 13.2 Å². The van der Waals surface area contributed by atoms with Crippen molar-refractivity contribution in [3.63, 3.8) is 0 Å². The second-order valence-electron chi connectivity index (χ2n) is 5.05. The van der Waals surface area contributed by atoms with Gasteiger partial charge < -0.3 is 10.8 Å². The summed E-state index contributed by atoms with van der Waals surface area (Å²) in [5, 5.41) is 9.64. The molecule has 0 amide bonds. The van der Waals surface area contributed by atoms with Crippen molar-refractivity contribution in [1.82, 2.24) is 0 Å². The van der Waals surface area contributed by atoms with Gasteiger partial charge in [0.2, 0.25) is 0 Å². The molecule has 0 saturated heterocycles. The van der Waals surface area contributed by atoms with E-state index in [1.165, 1.54) is 18.2 Å². The van der Waals surface area contributed by atoms with Gasteiger partial charge in [-0.25, -0.2) is 0 Å². The molecule has 3 N–H and O–H groups in total. The molecule has 17 heavy (non-hydrogen) atoms. The molecule has 1 saturated carbocycles. The predicted molar refractivity (Wildman–Crippen MR) is 57.2 cm³/mol. The third-order valence-electron chi connectivity index (χ3n) is 3.16. The molecule has 5 heteroatoms. The van der Waals surface area contributed by atoms with Crippen LogP contribution in [-0.4, -0.2) is 10.7 Å². The van der Waals surface area contributed by atoms with Crippen molar-refractivity contribution < 1.29 is 18.3 Å². The SMILES string of the molecule is CC1(O)CC(N)(c2ccccc2C(F)(F)F)C1. The Morgan fingerprint density at radius 1 is 1.24 bits per heavy atom. The van der Waals surface area contributed by atoms with Crippen LogP contribution < -0.4 is 5.73 Å². The van der Waals surface area contributed by atoms with Gasteiger partial charge in [0.25, 0.3) is 0 Å². The summed E-state index contributed by atoms with van der Waals surface area (Å²) in [4.78, 5) is 0. The second-order valence-corrected chi connectivity index (χ2v) is 5.05. The normalized spacial score (nSPS) is 33.3. The fourth-order valence-corrected chi connectivity index (χ4v) is 2.66. The first kappa shape index (κ1) is 12.4. The van der Waals surface area contributed by atoms with E-state index in [0.717, 1.165) is 6.07 Å². The Labute approximate surface area is 97.2 Å². The lowest BCUT2D eigenvalue weighted by atomic mass is 9.62. The molecule has 1 aromatic rings. The van der Waals surface area contributed by atoms with Gasteiger partial charge in [-0.05, 0) is 31.4 Å². The van der Waals surface area contributed by atoms with Crippen molar-refractivity contribution in [2.24, 2.45) is 5.73 Å². The van der Waals surface area contributed by atoms with Crippen molar-refractivity contribution >= 4 is 0 Å². The van der Waals surface area contributed by atoms with Crippen molar-refractivity contribution in [3.05, 3.63) is 35.4 Å².